The van der Waals surface area contributed by atoms with Gasteiger partial charge in [-0.2, -0.15) is 4.68 Å². The molecule has 0 fully saturated rings. The van der Waals surface area contributed by atoms with E-state index in [-0.39, 0.29) is 11.7 Å². The molecule has 0 saturated carbocycles. The van der Waals surface area contributed by atoms with Gasteiger partial charge < -0.3 is 5.32 Å². The van der Waals surface area contributed by atoms with E-state index in [2.05, 4.69) is 25.6 Å². The minimum absolute atomic E-state index is 0.155. The lowest BCUT2D eigenvalue weighted by atomic mass is 10.3. The Kier molecular flexibility index (Phi) is 5.43. The quantitative estimate of drug-likeness (QED) is 0.376. The van der Waals surface area contributed by atoms with Crippen LogP contribution in [0.1, 0.15) is 0 Å². The minimum Gasteiger partial charge on any atom is -0.325 e. The van der Waals surface area contributed by atoms with Crippen LogP contribution in [0.4, 0.5) is 5.69 Å². The third-order valence-corrected chi connectivity index (χ3v) is 5.15. The van der Waals surface area contributed by atoms with Crippen LogP contribution in [0.15, 0.2) is 59.9 Å². The molecule has 28 heavy (non-hydrogen) atoms. The van der Waals surface area contributed by atoms with Crippen molar-refractivity contribution in [1.29, 1.82) is 0 Å². The molecule has 0 aliphatic carbocycles. The highest BCUT2D eigenvalue weighted by molar-refractivity contribution is 8.00. The first-order chi connectivity index (χ1) is 13.6. The zero-order chi connectivity index (χ0) is 19.5. The second kappa shape index (κ2) is 8.14. The Bertz CT molecular complexity index is 1170. The lowest BCUT2D eigenvalue weighted by Crippen LogP contribution is -2.14. The van der Waals surface area contributed by atoms with Crippen molar-refractivity contribution >= 4 is 57.7 Å². The SMILES string of the molecule is O=C(CSc1ncnc2c1nnn2-c1cccc(Cl)c1)Nc1cccc(Cl)c1. The summed E-state index contributed by atoms with van der Waals surface area (Å²) >= 11 is 13.2. The van der Waals surface area contributed by atoms with Gasteiger partial charge in [0.1, 0.15) is 11.4 Å². The summed E-state index contributed by atoms with van der Waals surface area (Å²) in [6.45, 7) is 0. The molecule has 10 heteroatoms. The lowest BCUT2D eigenvalue weighted by molar-refractivity contribution is -0.113. The number of nitrogens with one attached hydrogen (secondary N) is 1. The summed E-state index contributed by atoms with van der Waals surface area (Å²) in [5.74, 6) is -0.0240. The number of aromatic nitrogens is 5. The van der Waals surface area contributed by atoms with Gasteiger partial charge in [-0.25, -0.2) is 9.97 Å². The number of anilines is 1. The van der Waals surface area contributed by atoms with E-state index in [0.717, 1.165) is 5.69 Å². The Labute approximate surface area is 174 Å². The number of hydrogen-bond acceptors (Lipinski definition) is 6. The molecule has 2 aromatic heterocycles. The molecule has 4 rings (SSSR count). The van der Waals surface area contributed by atoms with E-state index >= 15 is 0 Å². The molecular weight excluding hydrogens is 419 g/mol. The number of carbonyl (C=O) groups is 1. The van der Waals surface area contributed by atoms with Crippen molar-refractivity contribution < 1.29 is 4.79 Å². The van der Waals surface area contributed by atoms with Crippen molar-refractivity contribution in [2.75, 3.05) is 11.1 Å². The van der Waals surface area contributed by atoms with Crippen molar-refractivity contribution in [3.05, 3.63) is 64.9 Å². The van der Waals surface area contributed by atoms with Crippen LogP contribution in [0.5, 0.6) is 0 Å². The molecule has 2 heterocycles. The molecule has 140 valence electrons. The van der Waals surface area contributed by atoms with Crippen molar-refractivity contribution in [3.63, 3.8) is 0 Å². The molecule has 0 bridgehead atoms. The summed E-state index contributed by atoms with van der Waals surface area (Å²) in [6, 6.07) is 14.2. The molecule has 1 N–H and O–H groups in total. The van der Waals surface area contributed by atoms with E-state index in [9.17, 15) is 4.79 Å². The predicted octanol–water partition coefficient (Wildman–Crippen LogP) is 4.25. The van der Waals surface area contributed by atoms with Gasteiger partial charge in [-0.15, -0.1) is 5.10 Å². The number of halogens is 2. The second-order valence-electron chi connectivity index (χ2n) is 5.68. The van der Waals surface area contributed by atoms with E-state index in [4.69, 9.17) is 23.2 Å². The Morgan fingerprint density at radius 2 is 1.86 bits per heavy atom. The minimum atomic E-state index is -0.179. The molecular formula is C18H12Cl2N6OS. The van der Waals surface area contributed by atoms with Crippen LogP contribution in [-0.4, -0.2) is 36.6 Å². The van der Waals surface area contributed by atoms with Gasteiger partial charge in [0.25, 0.3) is 0 Å². The van der Waals surface area contributed by atoms with E-state index in [0.29, 0.717) is 31.9 Å². The highest BCUT2D eigenvalue weighted by Crippen LogP contribution is 2.25. The fourth-order valence-corrected chi connectivity index (χ4v) is 3.62. The number of amides is 1. The molecule has 0 radical (unpaired) electrons. The van der Waals surface area contributed by atoms with Crippen molar-refractivity contribution in [1.82, 2.24) is 25.0 Å². The van der Waals surface area contributed by atoms with Gasteiger partial charge >= 0.3 is 0 Å². The molecule has 4 aromatic rings. The zero-order valence-corrected chi connectivity index (χ0v) is 16.5. The maximum atomic E-state index is 12.2. The zero-order valence-electron chi connectivity index (χ0n) is 14.2. The highest BCUT2D eigenvalue weighted by atomic mass is 35.5. The molecule has 0 spiro atoms. The molecule has 0 unspecified atom stereocenters. The molecule has 0 saturated heterocycles. The van der Waals surface area contributed by atoms with E-state index < -0.39 is 0 Å². The van der Waals surface area contributed by atoms with E-state index in [1.807, 2.05) is 12.1 Å². The Morgan fingerprint density at radius 3 is 2.64 bits per heavy atom. The first-order valence-corrected chi connectivity index (χ1v) is 9.85. The smallest absolute Gasteiger partial charge is 0.234 e. The maximum Gasteiger partial charge on any atom is 0.234 e. The fourth-order valence-electron chi connectivity index (χ4n) is 2.51. The average molecular weight is 431 g/mol. The topological polar surface area (TPSA) is 85.6 Å². The van der Waals surface area contributed by atoms with Gasteiger partial charge in [0, 0.05) is 15.7 Å². The van der Waals surface area contributed by atoms with Crippen LogP contribution in [0, 0.1) is 0 Å². The summed E-state index contributed by atoms with van der Waals surface area (Å²) in [7, 11) is 0. The van der Waals surface area contributed by atoms with Crippen molar-refractivity contribution in [3.8, 4) is 5.69 Å². The van der Waals surface area contributed by atoms with E-state index in [1.165, 1.54) is 18.1 Å². The van der Waals surface area contributed by atoms with Crippen LogP contribution in [-0.2, 0) is 4.79 Å². The number of nitrogens with zero attached hydrogens (tertiary/aromatic N) is 5. The molecule has 1 amide bonds. The van der Waals surface area contributed by atoms with Crippen LogP contribution in [0.2, 0.25) is 10.0 Å². The number of rotatable bonds is 5. The van der Waals surface area contributed by atoms with Crippen LogP contribution in [0.3, 0.4) is 0 Å². The maximum absolute atomic E-state index is 12.2. The highest BCUT2D eigenvalue weighted by Gasteiger charge is 2.15. The normalized spacial score (nSPS) is 10.9. The number of carbonyl (C=O) groups excluding carboxylic acids is 1. The summed E-state index contributed by atoms with van der Waals surface area (Å²) in [5.41, 5.74) is 2.43. The third kappa shape index (κ3) is 4.09. The first-order valence-electron chi connectivity index (χ1n) is 8.11. The van der Waals surface area contributed by atoms with Gasteiger partial charge in [0.05, 0.1) is 11.4 Å². The van der Waals surface area contributed by atoms with Crippen molar-refractivity contribution in [2.24, 2.45) is 0 Å². The van der Waals surface area contributed by atoms with Gasteiger partial charge in [0.2, 0.25) is 5.91 Å². The van der Waals surface area contributed by atoms with Crippen LogP contribution >= 0.6 is 35.0 Å². The summed E-state index contributed by atoms with van der Waals surface area (Å²) in [4.78, 5) is 20.7. The summed E-state index contributed by atoms with van der Waals surface area (Å²) < 4.78 is 1.58. The predicted molar refractivity (Wildman–Crippen MR) is 110 cm³/mol. The fraction of sp³-hybridized carbons (Fsp3) is 0.0556. The number of hydrogen-bond donors (Lipinski definition) is 1. The summed E-state index contributed by atoms with van der Waals surface area (Å²) in [5, 5.41) is 12.8. The Morgan fingerprint density at radius 1 is 1.07 bits per heavy atom. The molecule has 2 aromatic carbocycles. The van der Waals surface area contributed by atoms with Gasteiger partial charge in [-0.1, -0.05) is 52.3 Å². The van der Waals surface area contributed by atoms with Gasteiger partial charge in [0.15, 0.2) is 11.2 Å². The molecule has 0 atom stereocenters. The Hall–Kier alpha value is -2.68. The molecule has 0 aliphatic heterocycles. The van der Waals surface area contributed by atoms with Crippen LogP contribution in [0.25, 0.3) is 16.9 Å². The standard InChI is InChI=1S/C18H12Cl2N6OS/c19-11-3-1-5-13(7-11)23-15(27)9-28-18-16-17(21-10-22-18)26(25-24-16)14-6-2-4-12(20)8-14/h1-8,10H,9H2,(H,23,27). The van der Waals surface area contributed by atoms with E-state index in [1.54, 1.807) is 41.1 Å². The Balaban J connectivity index is 1.52. The molecule has 7 nitrogen and oxygen atoms in total. The second-order valence-corrected chi connectivity index (χ2v) is 7.52. The average Bonchev–Trinajstić information content (AvgIpc) is 3.11. The lowest BCUT2D eigenvalue weighted by Gasteiger charge is -2.05. The third-order valence-electron chi connectivity index (χ3n) is 3.71. The number of thioether (sulfide) groups is 1. The van der Waals surface area contributed by atoms with Gasteiger partial charge in [-0.3, -0.25) is 4.79 Å². The summed E-state index contributed by atoms with van der Waals surface area (Å²) in [6.07, 6.45) is 1.42. The number of fused-ring (bicyclic) bond motifs is 1. The first kappa shape index (κ1) is 18.7. The monoisotopic (exact) mass is 430 g/mol. The van der Waals surface area contributed by atoms with Crippen LogP contribution < -0.4 is 5.32 Å². The largest absolute Gasteiger partial charge is 0.325 e. The number of benzene rings is 2. The van der Waals surface area contributed by atoms with Crippen molar-refractivity contribution in [2.45, 2.75) is 5.03 Å². The molecule has 0 aliphatic rings. The van der Waals surface area contributed by atoms with Gasteiger partial charge in [-0.05, 0) is 36.4 Å².